The second-order valence-corrected chi connectivity index (χ2v) is 11.5. The highest BCUT2D eigenvalue weighted by molar-refractivity contribution is 7.91. The van der Waals surface area contributed by atoms with Gasteiger partial charge in [-0.15, -0.1) is 23.7 Å². The van der Waals surface area contributed by atoms with Gasteiger partial charge in [-0.1, -0.05) is 17.7 Å². The smallest absolute Gasteiger partial charge is 0.309 e. The Bertz CT molecular complexity index is 1270. The molecule has 1 fully saturated rings. The van der Waals surface area contributed by atoms with E-state index >= 15 is 0 Å². The number of fused-ring (bicyclic) bond motifs is 2. The molecule has 0 saturated carbocycles. The van der Waals surface area contributed by atoms with E-state index < -0.39 is 10.0 Å². The van der Waals surface area contributed by atoms with E-state index in [1.165, 1.54) is 15.6 Å². The summed E-state index contributed by atoms with van der Waals surface area (Å²) in [4.78, 5) is 21.0. The molecule has 0 unspecified atom stereocenters. The van der Waals surface area contributed by atoms with E-state index in [-0.39, 0.29) is 41.5 Å². The minimum atomic E-state index is -3.63. The Hall–Kier alpha value is -1.69. The van der Waals surface area contributed by atoms with Crippen molar-refractivity contribution >= 4 is 61.4 Å². The fourth-order valence-corrected chi connectivity index (χ4v) is 7.17. The molecule has 2 aliphatic rings. The van der Waals surface area contributed by atoms with Gasteiger partial charge in [-0.25, -0.2) is 13.4 Å². The topological polar surface area (TPSA) is 87.0 Å². The lowest BCUT2D eigenvalue weighted by atomic mass is 10.2. The SMILES string of the molecule is CN1CCc2nc(C(=O)N3CCN(S(=O)(=O)c4cc5ccc(Cl)cc5s4)CC3)oc2C1.Cl. The minimum Gasteiger partial charge on any atom is -0.436 e. The molecule has 1 saturated heterocycles. The highest BCUT2D eigenvalue weighted by atomic mass is 35.5. The summed E-state index contributed by atoms with van der Waals surface area (Å²) in [5, 5.41) is 1.42. The molecule has 4 heterocycles. The summed E-state index contributed by atoms with van der Waals surface area (Å²) in [6.07, 6.45) is 0.759. The number of aromatic nitrogens is 1. The van der Waals surface area contributed by atoms with E-state index in [9.17, 15) is 13.2 Å². The Morgan fingerprint density at radius 1 is 1.16 bits per heavy atom. The number of benzene rings is 1. The molecular formula is C20H22Cl2N4O4S2. The Balaban J connectivity index is 0.00000245. The number of piperazine rings is 1. The number of amides is 1. The zero-order valence-electron chi connectivity index (χ0n) is 17.3. The van der Waals surface area contributed by atoms with Gasteiger partial charge in [0.05, 0.1) is 12.2 Å². The molecule has 0 N–H and O–H groups in total. The highest BCUT2D eigenvalue weighted by Gasteiger charge is 2.33. The predicted octanol–water partition coefficient (Wildman–Crippen LogP) is 3.10. The van der Waals surface area contributed by atoms with Crippen LogP contribution in [-0.2, 0) is 23.0 Å². The van der Waals surface area contributed by atoms with Crippen LogP contribution in [0.5, 0.6) is 0 Å². The van der Waals surface area contributed by atoms with Crippen LogP contribution in [0.15, 0.2) is 32.9 Å². The number of likely N-dealkylation sites (N-methyl/N-ethyl adjacent to an activating group) is 1. The number of thiophene rings is 1. The van der Waals surface area contributed by atoms with Gasteiger partial charge in [0.1, 0.15) is 9.97 Å². The Labute approximate surface area is 201 Å². The first-order valence-corrected chi connectivity index (χ1v) is 12.6. The van der Waals surface area contributed by atoms with Gasteiger partial charge in [0, 0.05) is 48.9 Å². The van der Waals surface area contributed by atoms with Crippen molar-refractivity contribution in [1.29, 1.82) is 0 Å². The largest absolute Gasteiger partial charge is 0.436 e. The van der Waals surface area contributed by atoms with Gasteiger partial charge in [-0.3, -0.25) is 9.69 Å². The molecule has 2 aliphatic heterocycles. The number of carbonyl (C=O) groups excluding carboxylic acids is 1. The number of hydrogen-bond donors (Lipinski definition) is 0. The van der Waals surface area contributed by atoms with E-state index in [1.54, 1.807) is 23.1 Å². The Kier molecular flexibility index (Phi) is 6.54. The van der Waals surface area contributed by atoms with Crippen LogP contribution in [0.25, 0.3) is 10.1 Å². The van der Waals surface area contributed by atoms with Crippen molar-refractivity contribution in [1.82, 2.24) is 19.1 Å². The van der Waals surface area contributed by atoms with Crippen LogP contribution in [0.1, 0.15) is 22.1 Å². The molecule has 2 aromatic heterocycles. The molecular weight excluding hydrogens is 495 g/mol. The molecule has 8 nitrogen and oxygen atoms in total. The van der Waals surface area contributed by atoms with Crippen molar-refractivity contribution in [3.63, 3.8) is 0 Å². The first kappa shape index (κ1) is 23.5. The molecule has 0 atom stereocenters. The molecule has 32 heavy (non-hydrogen) atoms. The third-order valence-electron chi connectivity index (χ3n) is 5.68. The second kappa shape index (κ2) is 8.92. The fourth-order valence-electron chi connectivity index (χ4n) is 3.92. The van der Waals surface area contributed by atoms with Gasteiger partial charge >= 0.3 is 5.91 Å². The van der Waals surface area contributed by atoms with Crippen molar-refractivity contribution in [2.75, 3.05) is 39.8 Å². The van der Waals surface area contributed by atoms with Crippen molar-refractivity contribution in [3.8, 4) is 0 Å². The van der Waals surface area contributed by atoms with Gasteiger partial charge in [0.2, 0.25) is 0 Å². The number of hydrogen-bond acceptors (Lipinski definition) is 7. The van der Waals surface area contributed by atoms with E-state index in [0.29, 0.717) is 24.7 Å². The third-order valence-corrected chi connectivity index (χ3v) is 9.37. The summed E-state index contributed by atoms with van der Waals surface area (Å²) >= 11 is 7.23. The maximum absolute atomic E-state index is 13.1. The van der Waals surface area contributed by atoms with Crippen LogP contribution in [0, 0.1) is 0 Å². The number of oxazole rings is 1. The van der Waals surface area contributed by atoms with Crippen molar-refractivity contribution in [2.45, 2.75) is 17.2 Å². The average molecular weight is 517 g/mol. The molecule has 1 amide bonds. The van der Waals surface area contributed by atoms with Crippen LogP contribution in [0.2, 0.25) is 5.02 Å². The summed E-state index contributed by atoms with van der Waals surface area (Å²) in [5.41, 5.74) is 0.840. The lowest BCUT2D eigenvalue weighted by Gasteiger charge is -2.32. The maximum Gasteiger partial charge on any atom is 0.309 e. The first-order chi connectivity index (χ1) is 14.8. The second-order valence-electron chi connectivity index (χ2n) is 7.82. The molecule has 0 bridgehead atoms. The number of sulfonamides is 1. The van der Waals surface area contributed by atoms with Crippen LogP contribution in [0.4, 0.5) is 0 Å². The van der Waals surface area contributed by atoms with Crippen LogP contribution in [-0.4, -0.2) is 73.2 Å². The number of halogens is 2. The quantitative estimate of drug-likeness (QED) is 0.531. The zero-order chi connectivity index (χ0) is 21.8. The number of nitrogens with zero attached hydrogens (tertiary/aromatic N) is 4. The number of rotatable bonds is 3. The molecule has 5 rings (SSSR count). The van der Waals surface area contributed by atoms with Crippen LogP contribution < -0.4 is 0 Å². The molecule has 1 aromatic carbocycles. The minimum absolute atomic E-state index is 0. The summed E-state index contributed by atoms with van der Waals surface area (Å²) in [5.74, 6) is 0.548. The van der Waals surface area contributed by atoms with Gasteiger partial charge in [0.25, 0.3) is 15.9 Å². The normalized spacial score (nSPS) is 17.9. The molecule has 0 spiro atoms. The van der Waals surface area contributed by atoms with Crippen LogP contribution in [0.3, 0.4) is 0 Å². The van der Waals surface area contributed by atoms with Crippen molar-refractivity contribution in [2.24, 2.45) is 0 Å². The standard InChI is InChI=1S/C20H21ClN4O4S2.ClH/c1-23-5-4-15-16(12-23)29-19(22-15)20(26)24-6-8-25(9-7-24)31(27,28)18-10-13-2-3-14(21)11-17(13)30-18;/h2-3,10-11H,4-9,12H2,1H3;1H. The molecule has 172 valence electrons. The molecule has 0 radical (unpaired) electrons. The Morgan fingerprint density at radius 2 is 1.91 bits per heavy atom. The molecule has 12 heteroatoms. The van der Waals surface area contributed by atoms with E-state index in [0.717, 1.165) is 34.5 Å². The Morgan fingerprint density at radius 3 is 2.66 bits per heavy atom. The average Bonchev–Trinajstić information content (AvgIpc) is 3.37. The first-order valence-electron chi connectivity index (χ1n) is 9.97. The lowest BCUT2D eigenvalue weighted by Crippen LogP contribution is -2.50. The third kappa shape index (κ3) is 4.27. The fraction of sp³-hybridized carbons (Fsp3) is 0.400. The zero-order valence-corrected chi connectivity index (χ0v) is 20.5. The maximum atomic E-state index is 13.1. The highest BCUT2D eigenvalue weighted by Crippen LogP contribution is 2.33. The monoisotopic (exact) mass is 516 g/mol. The van der Waals surface area contributed by atoms with Crippen LogP contribution >= 0.6 is 35.3 Å². The van der Waals surface area contributed by atoms with E-state index in [2.05, 4.69) is 9.88 Å². The van der Waals surface area contributed by atoms with E-state index in [1.807, 2.05) is 13.1 Å². The summed E-state index contributed by atoms with van der Waals surface area (Å²) in [6.45, 7) is 2.57. The summed E-state index contributed by atoms with van der Waals surface area (Å²) in [6, 6.07) is 7.01. The van der Waals surface area contributed by atoms with Gasteiger partial charge in [0.15, 0.2) is 0 Å². The van der Waals surface area contributed by atoms with Gasteiger partial charge < -0.3 is 9.32 Å². The van der Waals surface area contributed by atoms with Crippen molar-refractivity contribution < 1.29 is 17.6 Å². The summed E-state index contributed by atoms with van der Waals surface area (Å²) < 4.78 is 34.5. The predicted molar refractivity (Wildman–Crippen MR) is 125 cm³/mol. The number of carbonyl (C=O) groups is 1. The summed E-state index contributed by atoms with van der Waals surface area (Å²) in [7, 11) is -1.63. The molecule has 3 aromatic rings. The van der Waals surface area contributed by atoms with E-state index in [4.69, 9.17) is 16.0 Å². The van der Waals surface area contributed by atoms with Gasteiger partial charge in [-0.05, 0) is 30.6 Å². The molecule has 0 aliphatic carbocycles. The van der Waals surface area contributed by atoms with Crippen molar-refractivity contribution in [3.05, 3.63) is 46.6 Å². The lowest BCUT2D eigenvalue weighted by molar-refractivity contribution is 0.0654. The van der Waals surface area contributed by atoms with Gasteiger partial charge in [-0.2, -0.15) is 4.31 Å².